The fraction of sp³-hybridized carbons (Fsp3) is 0.250. The number of allylic oxidation sites excluding steroid dienone is 5. The molecule has 0 aromatic rings. The SMILES string of the molecule is C=C(C)/C(Cl)=C(Cl)\C=C/C. The van der Waals surface area contributed by atoms with Gasteiger partial charge in [-0.15, -0.1) is 0 Å². The molecule has 0 radical (unpaired) electrons. The Bertz CT molecular complexity index is 187. The largest absolute Gasteiger partial charge is 0.0946 e. The van der Waals surface area contributed by atoms with Crippen molar-refractivity contribution in [3.63, 3.8) is 0 Å². The van der Waals surface area contributed by atoms with E-state index in [4.69, 9.17) is 23.2 Å². The van der Waals surface area contributed by atoms with Crippen LogP contribution in [0.15, 0.2) is 34.4 Å². The summed E-state index contributed by atoms with van der Waals surface area (Å²) >= 11 is 11.5. The van der Waals surface area contributed by atoms with Gasteiger partial charge in [0.25, 0.3) is 0 Å². The third kappa shape index (κ3) is 3.09. The maximum atomic E-state index is 5.74. The predicted octanol–water partition coefficient (Wildman–Crippen LogP) is 3.83. The molecule has 0 saturated heterocycles. The fourth-order valence-corrected chi connectivity index (χ4v) is 0.774. The van der Waals surface area contributed by atoms with E-state index in [9.17, 15) is 0 Å². The first-order chi connectivity index (χ1) is 4.59. The Morgan fingerprint density at radius 2 is 1.90 bits per heavy atom. The molecule has 0 nitrogen and oxygen atoms in total. The van der Waals surface area contributed by atoms with Gasteiger partial charge in [-0.3, -0.25) is 0 Å². The quantitative estimate of drug-likeness (QED) is 0.562. The summed E-state index contributed by atoms with van der Waals surface area (Å²) in [6.07, 6.45) is 3.56. The number of hydrogen-bond donors (Lipinski definition) is 0. The van der Waals surface area contributed by atoms with Gasteiger partial charge in [0.1, 0.15) is 0 Å². The van der Waals surface area contributed by atoms with Crippen LogP contribution in [0.25, 0.3) is 0 Å². The third-order valence-electron chi connectivity index (χ3n) is 0.897. The zero-order chi connectivity index (χ0) is 8.15. The highest BCUT2D eigenvalue weighted by Crippen LogP contribution is 2.21. The van der Waals surface area contributed by atoms with Gasteiger partial charge in [0.05, 0.1) is 10.1 Å². The zero-order valence-electron chi connectivity index (χ0n) is 6.12. The van der Waals surface area contributed by atoms with Crippen LogP contribution in [-0.4, -0.2) is 0 Å². The van der Waals surface area contributed by atoms with Crippen molar-refractivity contribution in [1.29, 1.82) is 0 Å². The van der Waals surface area contributed by atoms with Crippen LogP contribution in [0.5, 0.6) is 0 Å². The van der Waals surface area contributed by atoms with E-state index in [0.717, 1.165) is 5.57 Å². The fourth-order valence-electron chi connectivity index (χ4n) is 0.423. The Labute approximate surface area is 71.8 Å². The van der Waals surface area contributed by atoms with Gasteiger partial charge < -0.3 is 0 Å². The van der Waals surface area contributed by atoms with Crippen LogP contribution in [0.4, 0.5) is 0 Å². The molecule has 0 aliphatic heterocycles. The third-order valence-corrected chi connectivity index (χ3v) is 1.84. The molecule has 0 atom stereocenters. The van der Waals surface area contributed by atoms with E-state index in [0.29, 0.717) is 10.1 Å². The van der Waals surface area contributed by atoms with Crippen LogP contribution in [0.3, 0.4) is 0 Å². The topological polar surface area (TPSA) is 0 Å². The molecule has 0 amide bonds. The van der Waals surface area contributed by atoms with Gasteiger partial charge in [0.15, 0.2) is 0 Å². The van der Waals surface area contributed by atoms with Gasteiger partial charge in [-0.25, -0.2) is 0 Å². The molecule has 0 saturated carbocycles. The van der Waals surface area contributed by atoms with E-state index in [1.807, 2.05) is 19.9 Å². The Morgan fingerprint density at radius 1 is 1.40 bits per heavy atom. The summed E-state index contributed by atoms with van der Waals surface area (Å²) in [5, 5.41) is 1.07. The number of halogens is 2. The van der Waals surface area contributed by atoms with Crippen LogP contribution >= 0.6 is 23.2 Å². The lowest BCUT2D eigenvalue weighted by Gasteiger charge is -1.96. The van der Waals surface area contributed by atoms with E-state index >= 15 is 0 Å². The van der Waals surface area contributed by atoms with E-state index in [-0.39, 0.29) is 0 Å². The maximum absolute atomic E-state index is 5.74. The molecule has 10 heavy (non-hydrogen) atoms. The van der Waals surface area contributed by atoms with Crippen molar-refractivity contribution in [2.24, 2.45) is 0 Å². The summed E-state index contributed by atoms with van der Waals surface area (Å²) in [6.45, 7) is 7.34. The van der Waals surface area contributed by atoms with E-state index < -0.39 is 0 Å². The Morgan fingerprint density at radius 3 is 2.20 bits per heavy atom. The molecule has 0 N–H and O–H groups in total. The van der Waals surface area contributed by atoms with Gasteiger partial charge in [0, 0.05) is 0 Å². The van der Waals surface area contributed by atoms with Gasteiger partial charge in [-0.1, -0.05) is 35.9 Å². The second-order valence-corrected chi connectivity index (χ2v) is 2.73. The second-order valence-electron chi connectivity index (χ2n) is 1.94. The standard InChI is InChI=1S/C8H10Cl2/c1-4-5-7(9)8(10)6(2)3/h4-5H,2H2,1,3H3/b5-4-,8-7-. The van der Waals surface area contributed by atoms with E-state index in [2.05, 4.69) is 6.58 Å². The van der Waals surface area contributed by atoms with Crippen molar-refractivity contribution in [2.75, 3.05) is 0 Å². The van der Waals surface area contributed by atoms with E-state index in [1.165, 1.54) is 0 Å². The summed E-state index contributed by atoms with van der Waals surface area (Å²) in [4.78, 5) is 0. The molecule has 0 aliphatic carbocycles. The lowest BCUT2D eigenvalue weighted by atomic mass is 10.3. The first kappa shape index (κ1) is 9.80. The Balaban J connectivity index is 4.50. The highest BCUT2D eigenvalue weighted by Gasteiger charge is 1.96. The summed E-state index contributed by atoms with van der Waals surface area (Å²) in [5.41, 5.74) is 0.782. The summed E-state index contributed by atoms with van der Waals surface area (Å²) < 4.78 is 0. The first-order valence-corrected chi connectivity index (χ1v) is 3.69. The molecular weight excluding hydrogens is 167 g/mol. The van der Waals surface area contributed by atoms with Crippen LogP contribution in [0.1, 0.15) is 13.8 Å². The van der Waals surface area contributed by atoms with Crippen molar-refractivity contribution >= 4 is 23.2 Å². The Kier molecular flexibility index (Phi) is 4.50. The summed E-state index contributed by atoms with van der Waals surface area (Å²) in [7, 11) is 0. The zero-order valence-corrected chi connectivity index (χ0v) is 7.63. The van der Waals surface area contributed by atoms with E-state index in [1.54, 1.807) is 6.08 Å². The molecule has 0 spiro atoms. The van der Waals surface area contributed by atoms with Crippen molar-refractivity contribution in [2.45, 2.75) is 13.8 Å². The molecule has 56 valence electrons. The average molecular weight is 177 g/mol. The molecular formula is C8H10Cl2. The van der Waals surface area contributed by atoms with Gasteiger partial charge >= 0.3 is 0 Å². The lowest BCUT2D eigenvalue weighted by molar-refractivity contribution is 1.51. The highest BCUT2D eigenvalue weighted by atomic mass is 35.5. The normalized spacial score (nSPS) is 13.6. The van der Waals surface area contributed by atoms with Crippen LogP contribution in [0.2, 0.25) is 0 Å². The van der Waals surface area contributed by atoms with Crippen molar-refractivity contribution < 1.29 is 0 Å². The van der Waals surface area contributed by atoms with Gasteiger partial charge in [-0.2, -0.15) is 0 Å². The van der Waals surface area contributed by atoms with Crippen molar-refractivity contribution in [3.8, 4) is 0 Å². The second kappa shape index (κ2) is 4.59. The first-order valence-electron chi connectivity index (χ1n) is 2.93. The summed E-state index contributed by atoms with van der Waals surface area (Å²) in [6, 6.07) is 0. The van der Waals surface area contributed by atoms with Crippen molar-refractivity contribution in [3.05, 3.63) is 34.4 Å². The minimum Gasteiger partial charge on any atom is -0.0946 e. The molecule has 0 heterocycles. The lowest BCUT2D eigenvalue weighted by Crippen LogP contribution is -1.75. The maximum Gasteiger partial charge on any atom is 0.0615 e. The molecule has 0 bridgehead atoms. The molecule has 0 aliphatic rings. The molecule has 0 fully saturated rings. The molecule has 0 aromatic heterocycles. The van der Waals surface area contributed by atoms with Crippen LogP contribution < -0.4 is 0 Å². The highest BCUT2D eigenvalue weighted by molar-refractivity contribution is 6.41. The molecule has 0 rings (SSSR count). The predicted molar refractivity (Wildman–Crippen MR) is 48.4 cm³/mol. The van der Waals surface area contributed by atoms with Gasteiger partial charge in [-0.05, 0) is 25.5 Å². The van der Waals surface area contributed by atoms with Gasteiger partial charge in [0.2, 0.25) is 0 Å². The van der Waals surface area contributed by atoms with Crippen molar-refractivity contribution in [1.82, 2.24) is 0 Å². The monoisotopic (exact) mass is 176 g/mol. The minimum absolute atomic E-state index is 0.528. The molecule has 0 aromatic carbocycles. The Hall–Kier alpha value is -0.200. The smallest absolute Gasteiger partial charge is 0.0615 e. The average Bonchev–Trinajstić information content (AvgIpc) is 1.87. The minimum atomic E-state index is 0.528. The molecule has 2 heteroatoms. The van der Waals surface area contributed by atoms with Crippen LogP contribution in [-0.2, 0) is 0 Å². The number of hydrogen-bond acceptors (Lipinski definition) is 0. The van der Waals surface area contributed by atoms with Crippen LogP contribution in [0, 0.1) is 0 Å². The summed E-state index contributed by atoms with van der Waals surface area (Å²) in [5.74, 6) is 0. The molecule has 0 unspecified atom stereocenters. The number of rotatable bonds is 2.